The van der Waals surface area contributed by atoms with Crippen molar-refractivity contribution in [2.24, 2.45) is 5.73 Å². The molecular weight excluding hydrogens is 248 g/mol. The Kier molecular flexibility index (Phi) is 14.8. The van der Waals surface area contributed by atoms with Crippen LogP contribution in [0.3, 0.4) is 0 Å². The van der Waals surface area contributed by atoms with Crippen molar-refractivity contribution in [2.75, 3.05) is 52.9 Å². The van der Waals surface area contributed by atoms with Crippen molar-refractivity contribution >= 4 is 5.84 Å². The van der Waals surface area contributed by atoms with Crippen LogP contribution in [-0.4, -0.2) is 58.7 Å². The minimum absolute atomic E-state index is 0.149. The first-order chi connectivity index (χ1) is 9.27. The number of hydrogen-bond donors (Lipinski definition) is 2. The predicted molar refractivity (Wildman–Crippen MR) is 74.7 cm³/mol. The molecule has 0 bridgehead atoms. The predicted octanol–water partition coefficient (Wildman–Crippen LogP) is 1.18. The van der Waals surface area contributed by atoms with E-state index < -0.39 is 0 Å². The molecule has 0 saturated heterocycles. The maximum Gasteiger partial charge on any atom is 0.0928 e. The zero-order chi connectivity index (χ0) is 14.2. The number of amidine groups is 1. The summed E-state index contributed by atoms with van der Waals surface area (Å²) in [6.07, 6.45) is 2.73. The van der Waals surface area contributed by atoms with Crippen LogP contribution in [-0.2, 0) is 18.9 Å². The van der Waals surface area contributed by atoms with Crippen LogP contribution < -0.4 is 5.73 Å². The van der Waals surface area contributed by atoms with Crippen LogP contribution in [0.5, 0.6) is 0 Å². The molecule has 6 heteroatoms. The van der Waals surface area contributed by atoms with E-state index in [9.17, 15) is 0 Å². The second kappa shape index (κ2) is 15.4. The third-order valence-electron chi connectivity index (χ3n) is 2.27. The van der Waals surface area contributed by atoms with Gasteiger partial charge in [-0.1, -0.05) is 13.3 Å². The number of rotatable bonds is 15. The monoisotopic (exact) mass is 276 g/mol. The van der Waals surface area contributed by atoms with Crippen molar-refractivity contribution in [1.29, 1.82) is 5.41 Å². The van der Waals surface area contributed by atoms with Crippen LogP contribution in [0.1, 0.15) is 26.2 Å². The van der Waals surface area contributed by atoms with Gasteiger partial charge < -0.3 is 24.7 Å². The number of unbranched alkanes of at least 4 members (excludes halogenated alkanes) is 1. The molecule has 0 aliphatic rings. The molecule has 19 heavy (non-hydrogen) atoms. The molecule has 0 unspecified atom stereocenters. The lowest BCUT2D eigenvalue weighted by molar-refractivity contribution is -0.00137. The first kappa shape index (κ1) is 18.3. The second-order valence-corrected chi connectivity index (χ2v) is 4.08. The molecule has 0 spiro atoms. The van der Waals surface area contributed by atoms with Crippen molar-refractivity contribution in [1.82, 2.24) is 0 Å². The molecule has 0 heterocycles. The Morgan fingerprint density at radius 2 is 1.21 bits per heavy atom. The third-order valence-corrected chi connectivity index (χ3v) is 2.27. The summed E-state index contributed by atoms with van der Waals surface area (Å²) in [7, 11) is 0. The Morgan fingerprint density at radius 3 is 1.63 bits per heavy atom. The Bertz CT molecular complexity index is 203. The molecule has 114 valence electrons. The van der Waals surface area contributed by atoms with E-state index in [1.54, 1.807) is 0 Å². The average Bonchev–Trinajstić information content (AvgIpc) is 2.39. The Morgan fingerprint density at radius 1 is 0.789 bits per heavy atom. The molecule has 0 radical (unpaired) electrons. The van der Waals surface area contributed by atoms with Crippen LogP contribution in [0.25, 0.3) is 0 Å². The summed E-state index contributed by atoms with van der Waals surface area (Å²) >= 11 is 0. The number of hydrogen-bond acceptors (Lipinski definition) is 5. The fourth-order valence-electron chi connectivity index (χ4n) is 1.19. The molecule has 3 N–H and O–H groups in total. The first-order valence-corrected chi connectivity index (χ1v) is 6.91. The summed E-state index contributed by atoms with van der Waals surface area (Å²) in [6.45, 7) is 6.88. The third kappa shape index (κ3) is 17.3. The van der Waals surface area contributed by atoms with Gasteiger partial charge in [-0.05, 0) is 6.42 Å². The van der Waals surface area contributed by atoms with Gasteiger partial charge in [-0.3, -0.25) is 5.41 Å². The minimum atomic E-state index is 0.149. The molecule has 0 aromatic heterocycles. The van der Waals surface area contributed by atoms with E-state index in [0.717, 1.165) is 19.4 Å². The Balaban J connectivity index is 2.93. The summed E-state index contributed by atoms with van der Waals surface area (Å²) in [4.78, 5) is 0. The molecule has 0 rings (SSSR count). The smallest absolute Gasteiger partial charge is 0.0928 e. The van der Waals surface area contributed by atoms with Crippen LogP contribution in [0.4, 0.5) is 0 Å². The van der Waals surface area contributed by atoms with Crippen molar-refractivity contribution in [3.8, 4) is 0 Å². The average molecular weight is 276 g/mol. The van der Waals surface area contributed by atoms with Gasteiger partial charge in [-0.2, -0.15) is 0 Å². The maximum absolute atomic E-state index is 7.00. The van der Waals surface area contributed by atoms with E-state index in [1.807, 2.05) is 0 Å². The molecule has 0 atom stereocenters. The van der Waals surface area contributed by atoms with Crippen molar-refractivity contribution in [3.05, 3.63) is 0 Å². The highest BCUT2D eigenvalue weighted by Gasteiger charge is 1.93. The van der Waals surface area contributed by atoms with E-state index in [-0.39, 0.29) is 5.84 Å². The van der Waals surface area contributed by atoms with Gasteiger partial charge in [0, 0.05) is 13.0 Å². The van der Waals surface area contributed by atoms with E-state index in [0.29, 0.717) is 52.7 Å². The van der Waals surface area contributed by atoms with Crippen molar-refractivity contribution < 1.29 is 18.9 Å². The van der Waals surface area contributed by atoms with Crippen molar-refractivity contribution in [3.63, 3.8) is 0 Å². The lowest BCUT2D eigenvalue weighted by Gasteiger charge is -2.07. The molecule has 0 aliphatic heterocycles. The molecule has 0 aliphatic carbocycles. The van der Waals surface area contributed by atoms with Gasteiger partial charge in [0.2, 0.25) is 0 Å². The highest BCUT2D eigenvalue weighted by molar-refractivity contribution is 5.76. The van der Waals surface area contributed by atoms with Crippen LogP contribution in [0.2, 0.25) is 0 Å². The van der Waals surface area contributed by atoms with Crippen LogP contribution >= 0.6 is 0 Å². The SMILES string of the molecule is CCCCOCCOCCOCCOCCC(=N)N. The highest BCUT2D eigenvalue weighted by atomic mass is 16.6. The van der Waals surface area contributed by atoms with Crippen LogP contribution in [0, 0.1) is 5.41 Å². The van der Waals surface area contributed by atoms with Gasteiger partial charge in [0.15, 0.2) is 0 Å². The van der Waals surface area contributed by atoms with Gasteiger partial charge in [0.25, 0.3) is 0 Å². The van der Waals surface area contributed by atoms with E-state index >= 15 is 0 Å². The molecule has 0 amide bonds. The number of nitrogens with one attached hydrogen (secondary N) is 1. The van der Waals surface area contributed by atoms with E-state index in [1.165, 1.54) is 0 Å². The zero-order valence-electron chi connectivity index (χ0n) is 12.0. The van der Waals surface area contributed by atoms with Gasteiger partial charge in [0.1, 0.15) is 0 Å². The molecular formula is C13H28N2O4. The Labute approximate surface area is 116 Å². The lowest BCUT2D eigenvalue weighted by Crippen LogP contribution is -2.15. The summed E-state index contributed by atoms with van der Waals surface area (Å²) in [5, 5.41) is 7.00. The molecule has 6 nitrogen and oxygen atoms in total. The van der Waals surface area contributed by atoms with Crippen molar-refractivity contribution in [2.45, 2.75) is 26.2 Å². The van der Waals surface area contributed by atoms with Gasteiger partial charge in [-0.15, -0.1) is 0 Å². The normalized spacial score (nSPS) is 10.8. The fourth-order valence-corrected chi connectivity index (χ4v) is 1.19. The molecule has 0 aromatic carbocycles. The number of nitrogens with two attached hydrogens (primary N) is 1. The van der Waals surface area contributed by atoms with Gasteiger partial charge >= 0.3 is 0 Å². The quantitative estimate of drug-likeness (QED) is 0.266. The Hall–Kier alpha value is -0.690. The minimum Gasteiger partial charge on any atom is -0.388 e. The van der Waals surface area contributed by atoms with Gasteiger partial charge in [0.05, 0.1) is 52.1 Å². The zero-order valence-corrected chi connectivity index (χ0v) is 12.0. The maximum atomic E-state index is 7.00. The highest BCUT2D eigenvalue weighted by Crippen LogP contribution is 1.88. The molecule has 0 fully saturated rings. The summed E-state index contributed by atoms with van der Waals surface area (Å²) in [6, 6.07) is 0. The second-order valence-electron chi connectivity index (χ2n) is 4.08. The number of ether oxygens (including phenoxy) is 4. The van der Waals surface area contributed by atoms with E-state index in [4.69, 9.17) is 30.1 Å². The fraction of sp³-hybridized carbons (Fsp3) is 0.923. The topological polar surface area (TPSA) is 86.8 Å². The first-order valence-electron chi connectivity index (χ1n) is 6.91. The lowest BCUT2D eigenvalue weighted by atomic mass is 10.4. The summed E-state index contributed by atoms with van der Waals surface area (Å²) in [5.41, 5.74) is 5.18. The van der Waals surface area contributed by atoms with Crippen LogP contribution in [0.15, 0.2) is 0 Å². The largest absolute Gasteiger partial charge is 0.388 e. The molecule has 0 saturated carbocycles. The standard InChI is InChI=1S/C13H28N2O4/c1-2-3-5-16-7-9-18-11-12-19-10-8-17-6-4-13(14)15/h2-12H2,1H3,(H3,14,15). The summed E-state index contributed by atoms with van der Waals surface area (Å²) < 4.78 is 21.2. The summed E-state index contributed by atoms with van der Waals surface area (Å²) in [5.74, 6) is 0.149. The van der Waals surface area contributed by atoms with Gasteiger partial charge in [-0.25, -0.2) is 0 Å². The van der Waals surface area contributed by atoms with E-state index in [2.05, 4.69) is 6.92 Å². The molecule has 0 aromatic rings.